The summed E-state index contributed by atoms with van der Waals surface area (Å²) >= 11 is 0. The van der Waals surface area contributed by atoms with Gasteiger partial charge in [0.15, 0.2) is 6.29 Å². The number of nitrogens with one attached hydrogen (secondary N) is 1. The second-order valence-corrected chi connectivity index (χ2v) is 5.41. The van der Waals surface area contributed by atoms with E-state index in [0.29, 0.717) is 48.6 Å². The molecule has 1 heterocycles. The van der Waals surface area contributed by atoms with Gasteiger partial charge in [-0.3, -0.25) is 14.3 Å². The molecule has 0 aliphatic carbocycles. The van der Waals surface area contributed by atoms with E-state index in [4.69, 9.17) is 4.74 Å². The van der Waals surface area contributed by atoms with E-state index in [1.54, 1.807) is 36.2 Å². The van der Waals surface area contributed by atoms with E-state index < -0.39 is 0 Å². The Bertz CT molecular complexity index is 769. The molecule has 25 heavy (non-hydrogen) atoms. The number of carbonyl (C=O) groups is 2. The van der Waals surface area contributed by atoms with E-state index in [1.165, 1.54) is 0 Å². The van der Waals surface area contributed by atoms with Gasteiger partial charge in [0.2, 0.25) is 6.41 Å². The van der Waals surface area contributed by atoms with Crippen LogP contribution < -0.4 is 5.32 Å². The van der Waals surface area contributed by atoms with E-state index in [0.717, 1.165) is 5.56 Å². The molecule has 0 aliphatic rings. The van der Waals surface area contributed by atoms with Crippen molar-refractivity contribution >= 4 is 29.9 Å². The lowest BCUT2D eigenvalue weighted by Gasteiger charge is -2.20. The number of rotatable bonds is 8. The Morgan fingerprint density at radius 1 is 1.44 bits per heavy atom. The van der Waals surface area contributed by atoms with Crippen LogP contribution >= 0.6 is 0 Å². The van der Waals surface area contributed by atoms with Crippen molar-refractivity contribution in [3.8, 4) is 0 Å². The number of aldehydes is 1. The summed E-state index contributed by atoms with van der Waals surface area (Å²) in [5, 5.41) is 6.70. The Morgan fingerprint density at radius 2 is 2.24 bits per heavy atom. The van der Waals surface area contributed by atoms with Crippen LogP contribution in [-0.4, -0.2) is 60.5 Å². The highest BCUT2D eigenvalue weighted by Gasteiger charge is 2.13. The molecule has 0 saturated carbocycles. The molecule has 0 atom stereocenters. The molecule has 8 heteroatoms. The van der Waals surface area contributed by atoms with Gasteiger partial charge in [0.25, 0.3) is 0 Å². The lowest BCUT2D eigenvalue weighted by atomic mass is 10.1. The van der Waals surface area contributed by atoms with Gasteiger partial charge in [0.05, 0.1) is 24.1 Å². The Balaban J connectivity index is 2.45. The van der Waals surface area contributed by atoms with Crippen molar-refractivity contribution in [1.82, 2.24) is 14.7 Å². The first kappa shape index (κ1) is 18.3. The number of nitrogens with zero attached hydrogens (tertiary/aromatic N) is 4. The summed E-state index contributed by atoms with van der Waals surface area (Å²) in [6.07, 6.45) is 4.84. The van der Waals surface area contributed by atoms with E-state index in [1.807, 2.05) is 25.2 Å². The van der Waals surface area contributed by atoms with E-state index in [-0.39, 0.29) is 0 Å². The quantitative estimate of drug-likeness (QED) is 0.445. The van der Waals surface area contributed by atoms with Crippen molar-refractivity contribution in [2.45, 2.75) is 0 Å². The SMILES string of the molecule is COCCN(C)C(=Nc1ccc(NC=O)cc1C=O)c1cnn(C)c1. The average molecular weight is 343 g/mol. The minimum atomic E-state index is 0.383. The average Bonchev–Trinajstić information content (AvgIpc) is 3.04. The fourth-order valence-corrected chi connectivity index (χ4v) is 2.26. The fraction of sp³-hybridized carbons (Fsp3) is 0.294. The van der Waals surface area contributed by atoms with Crippen molar-refractivity contribution in [2.24, 2.45) is 12.0 Å². The normalized spacial score (nSPS) is 11.2. The molecule has 0 saturated heterocycles. The standard InChI is InChI=1S/C17H21N5O3/c1-21(6-7-25-3)17(14-9-19-22(2)10-14)20-16-5-4-15(18-12-24)8-13(16)11-23/h4-5,8-12H,6-7H2,1-3H3,(H,18,24). The minimum Gasteiger partial charge on any atom is -0.383 e. The Hall–Kier alpha value is -3.00. The zero-order chi connectivity index (χ0) is 18.2. The molecule has 132 valence electrons. The number of methoxy groups -OCH3 is 1. The number of carbonyl (C=O) groups excluding carboxylic acids is 2. The number of aliphatic imine (C=N–C) groups is 1. The highest BCUT2D eigenvalue weighted by Crippen LogP contribution is 2.23. The third-order valence-corrected chi connectivity index (χ3v) is 3.56. The van der Waals surface area contributed by atoms with Crippen LogP contribution in [0.25, 0.3) is 0 Å². The molecule has 0 aliphatic heterocycles. The summed E-state index contributed by atoms with van der Waals surface area (Å²) in [6, 6.07) is 4.96. The first-order valence-corrected chi connectivity index (χ1v) is 7.66. The van der Waals surface area contributed by atoms with Crippen LogP contribution in [0.4, 0.5) is 11.4 Å². The maximum Gasteiger partial charge on any atom is 0.211 e. The number of benzene rings is 1. The highest BCUT2D eigenvalue weighted by molar-refractivity contribution is 6.01. The van der Waals surface area contributed by atoms with Gasteiger partial charge in [-0.1, -0.05) is 0 Å². The van der Waals surface area contributed by atoms with Crippen molar-refractivity contribution in [3.05, 3.63) is 41.7 Å². The van der Waals surface area contributed by atoms with Crippen molar-refractivity contribution in [1.29, 1.82) is 0 Å². The minimum absolute atomic E-state index is 0.383. The maximum absolute atomic E-state index is 11.4. The smallest absolute Gasteiger partial charge is 0.211 e. The molecule has 0 unspecified atom stereocenters. The summed E-state index contributed by atoms with van der Waals surface area (Å²) in [7, 11) is 5.36. The summed E-state index contributed by atoms with van der Waals surface area (Å²) in [4.78, 5) is 28.6. The first-order valence-electron chi connectivity index (χ1n) is 7.66. The molecular formula is C17H21N5O3. The molecule has 1 aromatic heterocycles. The third-order valence-electron chi connectivity index (χ3n) is 3.56. The van der Waals surface area contributed by atoms with Crippen LogP contribution in [0.3, 0.4) is 0 Å². The number of amidine groups is 1. The molecule has 1 N–H and O–H groups in total. The van der Waals surface area contributed by atoms with E-state index in [9.17, 15) is 9.59 Å². The summed E-state index contributed by atoms with van der Waals surface area (Å²) in [6.45, 7) is 1.17. The number of anilines is 1. The zero-order valence-electron chi connectivity index (χ0n) is 14.5. The molecule has 0 radical (unpaired) electrons. The van der Waals surface area contributed by atoms with Gasteiger partial charge in [-0.25, -0.2) is 4.99 Å². The van der Waals surface area contributed by atoms with Gasteiger partial charge in [-0.15, -0.1) is 0 Å². The van der Waals surface area contributed by atoms with Crippen molar-refractivity contribution < 1.29 is 14.3 Å². The van der Waals surface area contributed by atoms with Gasteiger partial charge in [0.1, 0.15) is 5.84 Å². The van der Waals surface area contributed by atoms with Gasteiger partial charge in [0, 0.05) is 45.2 Å². The fourth-order valence-electron chi connectivity index (χ4n) is 2.26. The zero-order valence-corrected chi connectivity index (χ0v) is 14.5. The number of aromatic nitrogens is 2. The third kappa shape index (κ3) is 4.74. The number of ether oxygens (including phenoxy) is 1. The number of hydrogen-bond acceptors (Lipinski definition) is 5. The number of hydrogen-bond donors (Lipinski definition) is 1. The van der Waals surface area contributed by atoms with Crippen LogP contribution in [0.5, 0.6) is 0 Å². The van der Waals surface area contributed by atoms with Gasteiger partial charge >= 0.3 is 0 Å². The lowest BCUT2D eigenvalue weighted by molar-refractivity contribution is -0.105. The first-order chi connectivity index (χ1) is 12.1. The number of amides is 1. The van der Waals surface area contributed by atoms with Crippen molar-refractivity contribution in [2.75, 3.05) is 32.6 Å². The second-order valence-electron chi connectivity index (χ2n) is 5.41. The summed E-state index contributed by atoms with van der Waals surface area (Å²) in [5.74, 6) is 0.671. The van der Waals surface area contributed by atoms with Gasteiger partial charge in [-0.2, -0.15) is 5.10 Å². The molecule has 2 rings (SSSR count). The molecule has 0 spiro atoms. The van der Waals surface area contributed by atoms with Crippen LogP contribution in [-0.2, 0) is 16.6 Å². The van der Waals surface area contributed by atoms with Crippen LogP contribution in [0.15, 0.2) is 35.6 Å². The molecule has 1 amide bonds. The summed E-state index contributed by atoms with van der Waals surface area (Å²) in [5.41, 5.74) is 2.25. The van der Waals surface area contributed by atoms with Crippen LogP contribution in [0.2, 0.25) is 0 Å². The Kier molecular flexibility index (Phi) is 6.41. The Labute approximate surface area is 146 Å². The molecule has 1 aromatic carbocycles. The maximum atomic E-state index is 11.4. The van der Waals surface area contributed by atoms with Crippen LogP contribution in [0.1, 0.15) is 15.9 Å². The van der Waals surface area contributed by atoms with Crippen molar-refractivity contribution in [3.63, 3.8) is 0 Å². The van der Waals surface area contributed by atoms with E-state index in [2.05, 4.69) is 15.4 Å². The monoisotopic (exact) mass is 343 g/mol. The molecule has 8 nitrogen and oxygen atoms in total. The summed E-state index contributed by atoms with van der Waals surface area (Å²) < 4.78 is 6.81. The predicted octanol–water partition coefficient (Wildman–Crippen LogP) is 1.46. The number of likely N-dealkylation sites (N-methyl/N-ethyl adjacent to an activating group) is 1. The second kappa shape index (κ2) is 8.74. The topological polar surface area (TPSA) is 88.8 Å². The largest absolute Gasteiger partial charge is 0.383 e. The van der Waals surface area contributed by atoms with Gasteiger partial charge in [-0.05, 0) is 18.2 Å². The molecule has 2 aromatic rings. The van der Waals surface area contributed by atoms with E-state index >= 15 is 0 Å². The Morgan fingerprint density at radius 3 is 2.84 bits per heavy atom. The molecular weight excluding hydrogens is 322 g/mol. The highest BCUT2D eigenvalue weighted by atomic mass is 16.5. The number of aryl methyl sites for hydroxylation is 1. The van der Waals surface area contributed by atoms with Crippen LogP contribution in [0, 0.1) is 0 Å². The van der Waals surface area contributed by atoms with Gasteiger partial charge < -0.3 is 15.0 Å². The molecule has 0 bridgehead atoms. The lowest BCUT2D eigenvalue weighted by Crippen LogP contribution is -2.30. The molecule has 0 fully saturated rings. The predicted molar refractivity (Wildman–Crippen MR) is 95.4 cm³/mol.